The first-order chi connectivity index (χ1) is 10.3. The van der Waals surface area contributed by atoms with Gasteiger partial charge in [-0.05, 0) is 26.7 Å². The van der Waals surface area contributed by atoms with Crippen molar-refractivity contribution in [2.45, 2.75) is 46.6 Å². The van der Waals surface area contributed by atoms with Crippen LogP contribution in [0, 0.1) is 11.8 Å². The Morgan fingerprint density at radius 1 is 1.14 bits per heavy atom. The number of piperidine rings is 1. The highest BCUT2D eigenvalue weighted by molar-refractivity contribution is 5.84. The van der Waals surface area contributed by atoms with E-state index in [1.54, 1.807) is 4.90 Å². The van der Waals surface area contributed by atoms with Crippen LogP contribution in [0.1, 0.15) is 40.5 Å². The van der Waals surface area contributed by atoms with E-state index >= 15 is 0 Å². The van der Waals surface area contributed by atoms with Crippen molar-refractivity contribution < 1.29 is 19.1 Å². The second-order valence-corrected chi connectivity index (χ2v) is 6.39. The van der Waals surface area contributed by atoms with Crippen LogP contribution >= 0.6 is 0 Å². The summed E-state index contributed by atoms with van der Waals surface area (Å²) in [6.45, 7) is 8.75. The molecule has 6 heteroatoms. The summed E-state index contributed by atoms with van der Waals surface area (Å²) in [6, 6.07) is -0.0538. The number of hydrogen-bond acceptors (Lipinski definition) is 4. The van der Waals surface area contributed by atoms with Gasteiger partial charge in [0.15, 0.2) is 0 Å². The molecule has 6 nitrogen and oxygen atoms in total. The van der Waals surface area contributed by atoms with Gasteiger partial charge < -0.3 is 14.5 Å². The molecule has 1 aliphatic rings. The molecule has 0 saturated carbocycles. The van der Waals surface area contributed by atoms with Gasteiger partial charge in [-0.3, -0.25) is 14.4 Å². The van der Waals surface area contributed by atoms with E-state index in [0.717, 1.165) is 0 Å². The van der Waals surface area contributed by atoms with E-state index in [2.05, 4.69) is 4.74 Å². The minimum Gasteiger partial charge on any atom is -0.468 e. The summed E-state index contributed by atoms with van der Waals surface area (Å²) in [4.78, 5) is 39.4. The average molecular weight is 312 g/mol. The second-order valence-electron chi connectivity index (χ2n) is 6.39. The Morgan fingerprint density at radius 3 is 2.09 bits per heavy atom. The largest absolute Gasteiger partial charge is 0.468 e. The zero-order valence-corrected chi connectivity index (χ0v) is 14.3. The normalized spacial score (nSPS) is 16.0. The molecular formula is C16H28N2O4. The molecule has 0 aromatic heterocycles. The van der Waals surface area contributed by atoms with Crippen molar-refractivity contribution in [1.82, 2.24) is 9.80 Å². The third-order valence-corrected chi connectivity index (χ3v) is 4.08. The first-order valence-electron chi connectivity index (χ1n) is 7.94. The Balaban J connectivity index is 2.62. The predicted octanol–water partition coefficient (Wildman–Crippen LogP) is 1.29. The molecule has 0 N–H and O–H groups in total. The fourth-order valence-corrected chi connectivity index (χ4v) is 2.67. The molecule has 0 aliphatic carbocycles. The number of rotatable bonds is 5. The fourth-order valence-electron chi connectivity index (χ4n) is 2.67. The van der Waals surface area contributed by atoms with Gasteiger partial charge in [-0.2, -0.15) is 0 Å². The highest BCUT2D eigenvalue weighted by atomic mass is 16.5. The molecule has 126 valence electrons. The molecule has 0 atom stereocenters. The standard InChI is InChI=1S/C16H28N2O4/c1-11(2)15(20)17-8-6-13(7-9-17)16(21)18(12(3)4)10-14(19)22-5/h11-13H,6-10H2,1-5H3. The molecule has 0 aromatic carbocycles. The first-order valence-corrected chi connectivity index (χ1v) is 7.94. The lowest BCUT2D eigenvalue weighted by Crippen LogP contribution is -2.48. The number of hydrogen-bond donors (Lipinski definition) is 0. The van der Waals surface area contributed by atoms with Gasteiger partial charge in [0.1, 0.15) is 6.54 Å². The van der Waals surface area contributed by atoms with Crippen molar-refractivity contribution >= 4 is 17.8 Å². The molecule has 0 bridgehead atoms. The van der Waals surface area contributed by atoms with Crippen LogP contribution in [0.4, 0.5) is 0 Å². The molecule has 1 saturated heterocycles. The van der Waals surface area contributed by atoms with Crippen LogP contribution < -0.4 is 0 Å². The van der Waals surface area contributed by atoms with Crippen LogP contribution in [-0.2, 0) is 19.1 Å². The summed E-state index contributed by atoms with van der Waals surface area (Å²) in [5.74, 6) is -0.422. The molecule has 2 amide bonds. The lowest BCUT2D eigenvalue weighted by molar-refractivity contribution is -0.151. The van der Waals surface area contributed by atoms with E-state index in [9.17, 15) is 14.4 Å². The van der Waals surface area contributed by atoms with Gasteiger partial charge in [-0.25, -0.2) is 0 Å². The number of methoxy groups -OCH3 is 1. The Bertz CT molecular complexity index is 412. The predicted molar refractivity (Wildman–Crippen MR) is 83.0 cm³/mol. The zero-order valence-electron chi connectivity index (χ0n) is 14.3. The van der Waals surface area contributed by atoms with Crippen molar-refractivity contribution in [3.05, 3.63) is 0 Å². The Hall–Kier alpha value is -1.59. The van der Waals surface area contributed by atoms with Gasteiger partial charge >= 0.3 is 5.97 Å². The van der Waals surface area contributed by atoms with Crippen LogP contribution in [0.2, 0.25) is 0 Å². The van der Waals surface area contributed by atoms with Crippen LogP contribution in [0.5, 0.6) is 0 Å². The molecule has 1 heterocycles. The minimum absolute atomic E-state index is 0.0151. The van der Waals surface area contributed by atoms with Crippen LogP contribution in [0.15, 0.2) is 0 Å². The maximum atomic E-state index is 12.6. The van der Waals surface area contributed by atoms with Crippen LogP contribution in [0.3, 0.4) is 0 Å². The van der Waals surface area contributed by atoms with E-state index in [1.165, 1.54) is 7.11 Å². The number of nitrogens with zero attached hydrogens (tertiary/aromatic N) is 2. The van der Waals surface area contributed by atoms with Crippen molar-refractivity contribution in [3.8, 4) is 0 Å². The highest BCUT2D eigenvalue weighted by Crippen LogP contribution is 2.22. The van der Waals surface area contributed by atoms with E-state index in [0.29, 0.717) is 25.9 Å². The second kappa shape index (κ2) is 8.15. The van der Waals surface area contributed by atoms with Crippen molar-refractivity contribution in [1.29, 1.82) is 0 Å². The SMILES string of the molecule is COC(=O)CN(C(=O)C1CCN(C(=O)C(C)C)CC1)C(C)C. The monoisotopic (exact) mass is 312 g/mol. The van der Waals surface area contributed by atoms with Crippen LogP contribution in [0.25, 0.3) is 0 Å². The number of carbonyl (C=O) groups is 3. The summed E-state index contributed by atoms with van der Waals surface area (Å²) in [7, 11) is 1.32. The highest BCUT2D eigenvalue weighted by Gasteiger charge is 2.32. The first kappa shape index (κ1) is 18.5. The Labute approximate surface area is 132 Å². The summed E-state index contributed by atoms with van der Waals surface area (Å²) >= 11 is 0. The van der Waals surface area contributed by atoms with Crippen molar-refractivity contribution in [2.24, 2.45) is 11.8 Å². The molecule has 0 spiro atoms. The number of ether oxygens (including phenoxy) is 1. The average Bonchev–Trinajstić information content (AvgIpc) is 2.50. The molecule has 1 fully saturated rings. The van der Waals surface area contributed by atoms with Gasteiger partial charge in [0.25, 0.3) is 0 Å². The molecule has 0 radical (unpaired) electrons. The summed E-state index contributed by atoms with van der Waals surface area (Å²) < 4.78 is 4.66. The Kier molecular flexibility index (Phi) is 6.84. The van der Waals surface area contributed by atoms with Gasteiger partial charge in [0, 0.05) is 31.0 Å². The maximum Gasteiger partial charge on any atom is 0.325 e. The topological polar surface area (TPSA) is 66.9 Å². The maximum absolute atomic E-state index is 12.6. The van der Waals surface area contributed by atoms with Gasteiger partial charge in [-0.15, -0.1) is 0 Å². The molecule has 1 rings (SSSR count). The molecule has 0 aromatic rings. The minimum atomic E-state index is -0.408. The quantitative estimate of drug-likeness (QED) is 0.718. The lowest BCUT2D eigenvalue weighted by Gasteiger charge is -2.36. The lowest BCUT2D eigenvalue weighted by atomic mass is 9.94. The van der Waals surface area contributed by atoms with Gasteiger partial charge in [-0.1, -0.05) is 13.8 Å². The van der Waals surface area contributed by atoms with E-state index in [1.807, 2.05) is 32.6 Å². The van der Waals surface area contributed by atoms with Gasteiger partial charge in [0.2, 0.25) is 11.8 Å². The summed E-state index contributed by atoms with van der Waals surface area (Å²) in [5, 5.41) is 0. The molecule has 1 aliphatic heterocycles. The van der Waals surface area contributed by atoms with E-state index in [-0.39, 0.29) is 36.2 Å². The molecular weight excluding hydrogens is 284 g/mol. The fraction of sp³-hybridized carbons (Fsp3) is 0.812. The van der Waals surface area contributed by atoms with Crippen molar-refractivity contribution in [3.63, 3.8) is 0 Å². The van der Waals surface area contributed by atoms with Crippen LogP contribution in [-0.4, -0.2) is 60.4 Å². The summed E-state index contributed by atoms with van der Waals surface area (Å²) in [6.07, 6.45) is 1.31. The Morgan fingerprint density at radius 2 is 1.68 bits per heavy atom. The van der Waals surface area contributed by atoms with Gasteiger partial charge in [0.05, 0.1) is 7.11 Å². The number of carbonyl (C=O) groups excluding carboxylic acids is 3. The third-order valence-electron chi connectivity index (χ3n) is 4.08. The smallest absolute Gasteiger partial charge is 0.325 e. The van der Waals surface area contributed by atoms with E-state index < -0.39 is 5.97 Å². The third kappa shape index (κ3) is 4.71. The zero-order chi connectivity index (χ0) is 16.9. The molecule has 0 unspecified atom stereocenters. The number of amides is 2. The van der Waals surface area contributed by atoms with Crippen molar-refractivity contribution in [2.75, 3.05) is 26.7 Å². The molecule has 22 heavy (non-hydrogen) atoms. The number of likely N-dealkylation sites (tertiary alicyclic amines) is 1. The summed E-state index contributed by atoms with van der Waals surface area (Å²) in [5.41, 5.74) is 0. The number of esters is 1. The van der Waals surface area contributed by atoms with E-state index in [4.69, 9.17) is 0 Å².